The third kappa shape index (κ3) is 4.83. The summed E-state index contributed by atoms with van der Waals surface area (Å²) in [6.45, 7) is 4.22. The third-order valence-corrected chi connectivity index (χ3v) is 3.36. The molecule has 0 aliphatic rings. The fourth-order valence-corrected chi connectivity index (χ4v) is 2.32. The summed E-state index contributed by atoms with van der Waals surface area (Å²) < 4.78 is 5.07. The van der Waals surface area contributed by atoms with Crippen LogP contribution in [-0.4, -0.2) is 23.6 Å². The zero-order chi connectivity index (χ0) is 16.8. The minimum atomic E-state index is -0.208. The zero-order valence-electron chi connectivity index (χ0n) is 13.1. The predicted molar refractivity (Wildman–Crippen MR) is 90.4 cm³/mol. The number of nitrogens with one attached hydrogen (secondary N) is 1. The molecule has 120 valence electrons. The Hall–Kier alpha value is -2.32. The first-order valence-corrected chi connectivity index (χ1v) is 7.81. The first kappa shape index (κ1) is 17.0. The van der Waals surface area contributed by atoms with Gasteiger partial charge in [-0.15, -0.1) is 0 Å². The minimum Gasteiger partial charge on any atom is -0.463 e. The Bertz CT molecular complexity index is 753. The first-order valence-electron chi connectivity index (χ1n) is 7.43. The van der Waals surface area contributed by atoms with Gasteiger partial charge in [-0.1, -0.05) is 11.6 Å². The second-order valence-corrected chi connectivity index (χ2v) is 5.83. The molecule has 6 heteroatoms. The van der Waals surface area contributed by atoms with Crippen molar-refractivity contribution >= 4 is 34.3 Å². The molecule has 0 radical (unpaired) electrons. The smallest absolute Gasteiger partial charge is 0.306 e. The number of hydrogen-bond donors (Lipinski definition) is 1. The molecular formula is C17H18ClN3O2. The summed E-state index contributed by atoms with van der Waals surface area (Å²) in [6.07, 6.45) is 0.885. The molecule has 2 aromatic rings. The van der Waals surface area contributed by atoms with Crippen LogP contribution in [0, 0.1) is 11.3 Å². The summed E-state index contributed by atoms with van der Waals surface area (Å²) in [5.74, 6) is 0.397. The van der Waals surface area contributed by atoms with Crippen LogP contribution < -0.4 is 5.32 Å². The number of esters is 1. The molecule has 0 amide bonds. The lowest BCUT2D eigenvalue weighted by Gasteiger charge is -2.09. The van der Waals surface area contributed by atoms with Crippen molar-refractivity contribution in [3.05, 3.63) is 34.9 Å². The molecule has 0 spiro atoms. The van der Waals surface area contributed by atoms with E-state index in [0.717, 1.165) is 5.39 Å². The maximum Gasteiger partial charge on any atom is 0.306 e. The summed E-state index contributed by atoms with van der Waals surface area (Å²) in [5.41, 5.74) is 1.22. The first-order chi connectivity index (χ1) is 11.0. The number of nitriles is 1. The summed E-state index contributed by atoms with van der Waals surface area (Å²) in [5, 5.41) is 13.7. The van der Waals surface area contributed by atoms with Crippen molar-refractivity contribution in [3.8, 4) is 6.07 Å². The van der Waals surface area contributed by atoms with Gasteiger partial charge in [-0.3, -0.25) is 4.79 Å². The molecule has 1 aromatic carbocycles. The number of fused-ring (bicyclic) bond motifs is 1. The molecule has 0 fully saturated rings. The number of rotatable bonds is 6. The van der Waals surface area contributed by atoms with Crippen molar-refractivity contribution in [2.45, 2.75) is 32.8 Å². The number of carbonyl (C=O) groups is 1. The molecule has 1 aromatic heterocycles. The number of aromatic nitrogens is 1. The predicted octanol–water partition coefficient (Wildman–Crippen LogP) is 3.90. The Morgan fingerprint density at radius 1 is 1.43 bits per heavy atom. The highest BCUT2D eigenvalue weighted by Crippen LogP contribution is 2.23. The van der Waals surface area contributed by atoms with E-state index in [4.69, 9.17) is 16.3 Å². The molecule has 0 atom stereocenters. The molecular weight excluding hydrogens is 314 g/mol. The van der Waals surface area contributed by atoms with E-state index in [-0.39, 0.29) is 12.1 Å². The van der Waals surface area contributed by atoms with Gasteiger partial charge in [0.1, 0.15) is 5.82 Å². The lowest BCUT2D eigenvalue weighted by molar-refractivity contribution is -0.147. The minimum absolute atomic E-state index is 0.0948. The van der Waals surface area contributed by atoms with E-state index in [0.29, 0.717) is 41.3 Å². The topological polar surface area (TPSA) is 75.0 Å². The van der Waals surface area contributed by atoms with Crippen LogP contribution in [0.5, 0.6) is 0 Å². The Morgan fingerprint density at radius 3 is 2.91 bits per heavy atom. The average molecular weight is 332 g/mol. The Labute approximate surface area is 140 Å². The number of hydrogen-bond acceptors (Lipinski definition) is 5. The molecule has 2 rings (SSSR count). The van der Waals surface area contributed by atoms with Crippen LogP contribution in [0.3, 0.4) is 0 Å². The Morgan fingerprint density at radius 2 is 2.22 bits per heavy atom. The van der Waals surface area contributed by atoms with Crippen LogP contribution in [0.15, 0.2) is 24.3 Å². The van der Waals surface area contributed by atoms with Crippen LogP contribution in [0.25, 0.3) is 10.9 Å². The average Bonchev–Trinajstić information content (AvgIpc) is 2.50. The van der Waals surface area contributed by atoms with Crippen LogP contribution >= 0.6 is 11.6 Å². The van der Waals surface area contributed by atoms with Crippen molar-refractivity contribution in [2.75, 3.05) is 11.9 Å². The highest BCUT2D eigenvalue weighted by molar-refractivity contribution is 6.31. The number of pyridine rings is 1. The lowest BCUT2D eigenvalue weighted by Crippen LogP contribution is -2.13. The van der Waals surface area contributed by atoms with Gasteiger partial charge in [-0.05, 0) is 44.5 Å². The standard InChI is InChI=1S/C17H18ClN3O2/c1-11(2)23-17(22)4-3-7-20-16-8-12(10-19)14-9-13(18)5-6-15(14)21-16/h5-6,8-9,11H,3-4,7H2,1-2H3,(H,20,21). The number of carbonyl (C=O) groups excluding carboxylic acids is 1. The lowest BCUT2D eigenvalue weighted by atomic mass is 10.1. The van der Waals surface area contributed by atoms with Gasteiger partial charge in [-0.2, -0.15) is 5.26 Å². The van der Waals surface area contributed by atoms with E-state index >= 15 is 0 Å². The molecule has 5 nitrogen and oxygen atoms in total. The maximum atomic E-state index is 11.5. The summed E-state index contributed by atoms with van der Waals surface area (Å²) in [7, 11) is 0. The Balaban J connectivity index is 2.00. The van der Waals surface area contributed by atoms with Crippen LogP contribution in [0.2, 0.25) is 5.02 Å². The molecule has 0 saturated heterocycles. The van der Waals surface area contributed by atoms with Gasteiger partial charge in [0.15, 0.2) is 0 Å². The molecule has 0 unspecified atom stereocenters. The van der Waals surface area contributed by atoms with Crippen molar-refractivity contribution in [2.24, 2.45) is 0 Å². The van der Waals surface area contributed by atoms with E-state index < -0.39 is 0 Å². The van der Waals surface area contributed by atoms with Gasteiger partial charge in [0.25, 0.3) is 0 Å². The van der Waals surface area contributed by atoms with Gasteiger partial charge in [0, 0.05) is 23.4 Å². The SMILES string of the molecule is CC(C)OC(=O)CCCNc1cc(C#N)c2cc(Cl)ccc2n1. The summed E-state index contributed by atoms with van der Waals surface area (Å²) in [6, 6.07) is 9.09. The van der Waals surface area contributed by atoms with E-state index in [1.165, 1.54) is 0 Å². The maximum absolute atomic E-state index is 11.5. The zero-order valence-corrected chi connectivity index (χ0v) is 13.9. The molecule has 0 saturated carbocycles. The molecule has 0 bridgehead atoms. The number of nitrogens with zero attached hydrogens (tertiary/aromatic N) is 2. The molecule has 23 heavy (non-hydrogen) atoms. The van der Waals surface area contributed by atoms with Crippen LogP contribution in [-0.2, 0) is 9.53 Å². The number of ether oxygens (including phenoxy) is 1. The largest absolute Gasteiger partial charge is 0.463 e. The Kier molecular flexibility index (Phi) is 5.78. The highest BCUT2D eigenvalue weighted by Gasteiger charge is 2.08. The second kappa shape index (κ2) is 7.80. The molecule has 1 heterocycles. The third-order valence-electron chi connectivity index (χ3n) is 3.12. The monoisotopic (exact) mass is 331 g/mol. The fourth-order valence-electron chi connectivity index (χ4n) is 2.15. The van der Waals surface area contributed by atoms with E-state index in [2.05, 4.69) is 16.4 Å². The van der Waals surface area contributed by atoms with Crippen molar-refractivity contribution in [3.63, 3.8) is 0 Å². The fraction of sp³-hybridized carbons (Fsp3) is 0.353. The van der Waals surface area contributed by atoms with Crippen LogP contribution in [0.4, 0.5) is 5.82 Å². The van der Waals surface area contributed by atoms with Crippen LogP contribution in [0.1, 0.15) is 32.3 Å². The van der Waals surface area contributed by atoms with Gasteiger partial charge in [0.05, 0.1) is 23.3 Å². The number of halogens is 1. The molecule has 0 aliphatic heterocycles. The quantitative estimate of drug-likeness (QED) is 0.641. The normalized spacial score (nSPS) is 10.6. The second-order valence-electron chi connectivity index (χ2n) is 5.40. The van der Waals surface area contributed by atoms with Crippen molar-refractivity contribution < 1.29 is 9.53 Å². The van der Waals surface area contributed by atoms with Crippen molar-refractivity contribution in [1.29, 1.82) is 5.26 Å². The van der Waals surface area contributed by atoms with Gasteiger partial charge < -0.3 is 10.1 Å². The van der Waals surface area contributed by atoms with E-state index in [1.54, 1.807) is 24.3 Å². The summed E-state index contributed by atoms with van der Waals surface area (Å²) in [4.78, 5) is 15.9. The highest BCUT2D eigenvalue weighted by atomic mass is 35.5. The molecule has 1 N–H and O–H groups in total. The van der Waals surface area contributed by atoms with Crippen molar-refractivity contribution in [1.82, 2.24) is 4.98 Å². The van der Waals surface area contributed by atoms with Gasteiger partial charge >= 0.3 is 5.97 Å². The van der Waals surface area contributed by atoms with Gasteiger partial charge in [0.2, 0.25) is 0 Å². The van der Waals surface area contributed by atoms with E-state index in [1.807, 2.05) is 13.8 Å². The number of anilines is 1. The molecule has 0 aliphatic carbocycles. The van der Waals surface area contributed by atoms with E-state index in [9.17, 15) is 10.1 Å². The summed E-state index contributed by atoms with van der Waals surface area (Å²) >= 11 is 5.96. The van der Waals surface area contributed by atoms with Gasteiger partial charge in [-0.25, -0.2) is 4.98 Å². The number of benzene rings is 1.